The molecule has 0 aliphatic rings. The number of rotatable bonds is 8. The fourth-order valence-corrected chi connectivity index (χ4v) is 5.62. The Morgan fingerprint density at radius 3 is 2.54 bits per heavy atom. The van der Waals surface area contributed by atoms with Crippen molar-refractivity contribution in [2.75, 3.05) is 23.0 Å². The minimum atomic E-state index is -3.76. The van der Waals surface area contributed by atoms with E-state index in [4.69, 9.17) is 4.74 Å². The Balaban J connectivity index is 2.31. The third-order valence-electron chi connectivity index (χ3n) is 3.63. The predicted octanol–water partition coefficient (Wildman–Crippen LogP) is 3.15. The van der Waals surface area contributed by atoms with E-state index < -0.39 is 22.0 Å². The molecule has 8 nitrogen and oxygen atoms in total. The second kappa shape index (κ2) is 9.10. The Bertz CT molecular complexity index is 944. The van der Waals surface area contributed by atoms with Gasteiger partial charge in [-0.25, -0.2) is 8.42 Å². The molecule has 0 aliphatic heterocycles. The number of aromatic nitrogens is 2. The third kappa shape index (κ3) is 5.58. The number of amides is 1. The highest BCUT2D eigenvalue weighted by molar-refractivity contribution is 8.01. The Kier molecular flexibility index (Phi) is 7.29. The molecule has 1 N–H and O–H groups in total. The standard InChI is InChI=1S/C17H24N4O4S3/c1-10(2)26-17-20-19-16(27-17)18-15(22)12(4)21(28(6,23)24)13-9-11(3)7-8-14(13)25-5/h7-10,12H,1-6H3,(H,18,19,22). The van der Waals surface area contributed by atoms with Crippen molar-refractivity contribution < 1.29 is 17.9 Å². The first-order valence-corrected chi connectivity index (χ1v) is 12.0. The molecule has 28 heavy (non-hydrogen) atoms. The van der Waals surface area contributed by atoms with Crippen LogP contribution in [0.3, 0.4) is 0 Å². The summed E-state index contributed by atoms with van der Waals surface area (Å²) in [6, 6.07) is 4.14. The number of nitrogens with one attached hydrogen (secondary N) is 1. The van der Waals surface area contributed by atoms with E-state index in [0.29, 0.717) is 21.8 Å². The number of thioether (sulfide) groups is 1. The second-order valence-corrected chi connectivity index (χ2v) is 11.1. The summed E-state index contributed by atoms with van der Waals surface area (Å²) in [5, 5.41) is 11.3. The summed E-state index contributed by atoms with van der Waals surface area (Å²) in [5.74, 6) is -0.145. The number of carbonyl (C=O) groups is 1. The molecule has 0 bridgehead atoms. The number of anilines is 2. The number of aryl methyl sites for hydroxylation is 1. The molecule has 11 heteroatoms. The van der Waals surface area contributed by atoms with Crippen LogP contribution in [0.25, 0.3) is 0 Å². The van der Waals surface area contributed by atoms with Gasteiger partial charge in [0.1, 0.15) is 11.8 Å². The molecule has 0 aliphatic carbocycles. The van der Waals surface area contributed by atoms with Crippen molar-refractivity contribution in [3.05, 3.63) is 23.8 Å². The molecule has 0 radical (unpaired) electrons. The zero-order valence-corrected chi connectivity index (χ0v) is 19.0. The van der Waals surface area contributed by atoms with Gasteiger partial charge in [0, 0.05) is 5.25 Å². The van der Waals surface area contributed by atoms with Gasteiger partial charge in [0.25, 0.3) is 0 Å². The van der Waals surface area contributed by atoms with Crippen LogP contribution in [0.15, 0.2) is 22.5 Å². The van der Waals surface area contributed by atoms with Crippen molar-refractivity contribution in [1.29, 1.82) is 0 Å². The summed E-state index contributed by atoms with van der Waals surface area (Å²) in [6.07, 6.45) is 1.06. The van der Waals surface area contributed by atoms with Gasteiger partial charge < -0.3 is 4.74 Å². The highest BCUT2D eigenvalue weighted by Gasteiger charge is 2.32. The summed E-state index contributed by atoms with van der Waals surface area (Å²) in [7, 11) is -2.31. The Labute approximate surface area is 173 Å². The van der Waals surface area contributed by atoms with Gasteiger partial charge in [0.05, 0.1) is 19.1 Å². The molecule has 2 aromatic rings. The van der Waals surface area contributed by atoms with Gasteiger partial charge in [-0.15, -0.1) is 10.2 Å². The number of hydrogen-bond acceptors (Lipinski definition) is 8. The lowest BCUT2D eigenvalue weighted by atomic mass is 10.2. The number of sulfonamides is 1. The van der Waals surface area contributed by atoms with Gasteiger partial charge in [-0.3, -0.25) is 14.4 Å². The van der Waals surface area contributed by atoms with Crippen molar-refractivity contribution in [2.24, 2.45) is 0 Å². The van der Waals surface area contributed by atoms with E-state index in [0.717, 1.165) is 20.5 Å². The van der Waals surface area contributed by atoms with Crippen LogP contribution in [0.2, 0.25) is 0 Å². The minimum absolute atomic E-state index is 0.306. The summed E-state index contributed by atoms with van der Waals surface area (Å²) in [4.78, 5) is 12.8. The molecule has 1 unspecified atom stereocenters. The maximum Gasteiger partial charge on any atom is 0.249 e. The van der Waals surface area contributed by atoms with Gasteiger partial charge in [0.2, 0.25) is 21.1 Å². The van der Waals surface area contributed by atoms with Crippen LogP contribution in [0.5, 0.6) is 5.75 Å². The Morgan fingerprint density at radius 1 is 1.29 bits per heavy atom. The van der Waals surface area contributed by atoms with Crippen LogP contribution in [0.4, 0.5) is 10.8 Å². The average Bonchev–Trinajstić information content (AvgIpc) is 3.00. The van der Waals surface area contributed by atoms with Crippen LogP contribution < -0.4 is 14.4 Å². The number of carbonyl (C=O) groups excluding carboxylic acids is 1. The summed E-state index contributed by atoms with van der Waals surface area (Å²) in [5.41, 5.74) is 1.15. The van der Waals surface area contributed by atoms with Crippen molar-refractivity contribution in [3.8, 4) is 5.75 Å². The van der Waals surface area contributed by atoms with Gasteiger partial charge in [-0.05, 0) is 31.5 Å². The van der Waals surface area contributed by atoms with Gasteiger partial charge >= 0.3 is 0 Å². The minimum Gasteiger partial charge on any atom is -0.495 e. The fourth-order valence-electron chi connectivity index (χ4n) is 2.47. The topological polar surface area (TPSA) is 101 Å². The number of ether oxygens (including phenoxy) is 1. The first-order valence-electron chi connectivity index (χ1n) is 8.48. The molecule has 0 saturated carbocycles. The molecule has 2 rings (SSSR count). The molecule has 1 aromatic heterocycles. The van der Waals surface area contributed by atoms with E-state index in [1.165, 1.54) is 37.1 Å². The molecule has 1 heterocycles. The maximum absolute atomic E-state index is 12.8. The molecule has 0 fully saturated rings. The van der Waals surface area contributed by atoms with Crippen LogP contribution in [0.1, 0.15) is 26.3 Å². The average molecular weight is 445 g/mol. The Hall–Kier alpha value is -1.85. The predicted molar refractivity (Wildman–Crippen MR) is 114 cm³/mol. The second-order valence-electron chi connectivity index (χ2n) is 6.44. The van der Waals surface area contributed by atoms with Crippen LogP contribution in [-0.2, 0) is 14.8 Å². The van der Waals surface area contributed by atoms with Crippen molar-refractivity contribution in [1.82, 2.24) is 10.2 Å². The van der Waals surface area contributed by atoms with Crippen molar-refractivity contribution >= 4 is 49.8 Å². The molecule has 1 aromatic carbocycles. The molecular weight excluding hydrogens is 420 g/mol. The van der Waals surface area contributed by atoms with E-state index in [1.807, 2.05) is 26.8 Å². The largest absolute Gasteiger partial charge is 0.495 e. The molecular formula is C17H24N4O4S3. The Morgan fingerprint density at radius 2 is 1.96 bits per heavy atom. The first-order chi connectivity index (χ1) is 13.0. The molecule has 0 saturated heterocycles. The van der Waals surface area contributed by atoms with Crippen molar-refractivity contribution in [2.45, 2.75) is 43.3 Å². The van der Waals surface area contributed by atoms with Crippen molar-refractivity contribution in [3.63, 3.8) is 0 Å². The first kappa shape index (κ1) is 22.4. The number of methoxy groups -OCH3 is 1. The van der Waals surface area contributed by atoms with E-state index in [-0.39, 0.29) is 0 Å². The van der Waals surface area contributed by atoms with E-state index >= 15 is 0 Å². The van der Waals surface area contributed by atoms with Crippen LogP contribution in [0, 0.1) is 6.92 Å². The van der Waals surface area contributed by atoms with Gasteiger partial charge in [-0.2, -0.15) is 0 Å². The quantitative estimate of drug-likeness (QED) is 0.493. The summed E-state index contributed by atoms with van der Waals surface area (Å²) in [6.45, 7) is 7.42. The van der Waals surface area contributed by atoms with Gasteiger partial charge in [-0.1, -0.05) is 43.0 Å². The zero-order chi connectivity index (χ0) is 21.1. The summed E-state index contributed by atoms with van der Waals surface area (Å²) < 4.78 is 32.1. The molecule has 1 atom stereocenters. The third-order valence-corrected chi connectivity index (χ3v) is 6.79. The SMILES string of the molecule is COc1ccc(C)cc1N(C(C)C(=O)Nc1nnc(SC(C)C)s1)S(C)(=O)=O. The van der Waals surface area contributed by atoms with Crippen LogP contribution >= 0.6 is 23.1 Å². The van der Waals surface area contributed by atoms with E-state index in [1.54, 1.807) is 12.1 Å². The highest BCUT2D eigenvalue weighted by Crippen LogP contribution is 2.33. The lowest BCUT2D eigenvalue weighted by Crippen LogP contribution is -2.45. The highest BCUT2D eigenvalue weighted by atomic mass is 32.2. The van der Waals surface area contributed by atoms with Crippen LogP contribution in [-0.4, -0.2) is 49.2 Å². The number of benzene rings is 1. The molecule has 1 amide bonds. The lowest BCUT2D eigenvalue weighted by Gasteiger charge is -2.29. The fraction of sp³-hybridized carbons (Fsp3) is 0.471. The lowest BCUT2D eigenvalue weighted by molar-refractivity contribution is -0.116. The number of nitrogens with zero attached hydrogens (tertiary/aromatic N) is 3. The maximum atomic E-state index is 12.8. The number of hydrogen-bond donors (Lipinski definition) is 1. The normalized spacial score (nSPS) is 12.7. The molecule has 0 spiro atoms. The molecule has 154 valence electrons. The van der Waals surface area contributed by atoms with E-state index in [9.17, 15) is 13.2 Å². The van der Waals surface area contributed by atoms with E-state index in [2.05, 4.69) is 15.5 Å². The van der Waals surface area contributed by atoms with Gasteiger partial charge in [0.15, 0.2) is 4.34 Å². The smallest absolute Gasteiger partial charge is 0.249 e. The monoisotopic (exact) mass is 444 g/mol. The zero-order valence-electron chi connectivity index (χ0n) is 16.6. The summed E-state index contributed by atoms with van der Waals surface area (Å²) >= 11 is 2.79.